The molecule has 3 nitrogen and oxygen atoms in total. The number of benzene rings is 1. The Hall–Kier alpha value is -1.20. The average Bonchev–Trinajstić information content (AvgIpc) is 2.79. The van der Waals surface area contributed by atoms with E-state index in [0.717, 1.165) is 21.5 Å². The number of imidazole rings is 1. The lowest BCUT2D eigenvalue weighted by atomic mass is 10.2. The van der Waals surface area contributed by atoms with E-state index in [4.69, 9.17) is 0 Å². The van der Waals surface area contributed by atoms with Gasteiger partial charge in [0.2, 0.25) is 0 Å². The molecule has 2 aromatic heterocycles. The van der Waals surface area contributed by atoms with E-state index in [9.17, 15) is 0 Å². The van der Waals surface area contributed by atoms with Crippen molar-refractivity contribution in [2.24, 2.45) is 0 Å². The van der Waals surface area contributed by atoms with Gasteiger partial charge in [-0.25, -0.2) is 9.97 Å². The molecule has 0 aliphatic heterocycles. The number of nitrogens with zero attached hydrogens (tertiary/aromatic N) is 3. The summed E-state index contributed by atoms with van der Waals surface area (Å²) in [5.74, 6) is 0. The fourth-order valence-electron chi connectivity index (χ4n) is 1.64. The summed E-state index contributed by atoms with van der Waals surface area (Å²) >= 11 is 3.43. The number of hydrogen-bond acceptors (Lipinski definition) is 2. The van der Waals surface area contributed by atoms with Gasteiger partial charge in [-0.3, -0.25) is 0 Å². The molecule has 3 rings (SSSR count). The molecule has 3 aromatic rings. The van der Waals surface area contributed by atoms with Gasteiger partial charge in [-0.2, -0.15) is 0 Å². The van der Waals surface area contributed by atoms with Gasteiger partial charge in [-0.1, -0.05) is 30.3 Å². The summed E-state index contributed by atoms with van der Waals surface area (Å²) in [6.07, 6.45) is 5.65. The SMILES string of the molecule is Br.Brc1nc(-c2ccccc2)cn2ccnc12. The fraction of sp³-hybridized carbons (Fsp3) is 0. The maximum absolute atomic E-state index is 4.48. The molecule has 0 saturated carbocycles. The number of rotatable bonds is 1. The van der Waals surface area contributed by atoms with E-state index >= 15 is 0 Å². The van der Waals surface area contributed by atoms with E-state index in [2.05, 4.69) is 25.9 Å². The van der Waals surface area contributed by atoms with Gasteiger partial charge in [0, 0.05) is 24.2 Å². The van der Waals surface area contributed by atoms with Crippen LogP contribution in [-0.2, 0) is 0 Å². The smallest absolute Gasteiger partial charge is 0.170 e. The van der Waals surface area contributed by atoms with Crippen LogP contribution < -0.4 is 0 Å². The minimum atomic E-state index is 0. The average molecular weight is 355 g/mol. The van der Waals surface area contributed by atoms with Gasteiger partial charge in [-0.15, -0.1) is 17.0 Å². The van der Waals surface area contributed by atoms with E-state index < -0.39 is 0 Å². The number of halogens is 2. The molecule has 0 N–H and O–H groups in total. The van der Waals surface area contributed by atoms with Crippen molar-refractivity contribution in [1.82, 2.24) is 14.4 Å². The second-order valence-electron chi connectivity index (χ2n) is 3.44. The van der Waals surface area contributed by atoms with E-state index in [1.807, 2.05) is 47.1 Å². The molecule has 86 valence electrons. The molecular weight excluding hydrogens is 346 g/mol. The highest BCUT2D eigenvalue weighted by molar-refractivity contribution is 9.10. The Bertz CT molecular complexity index is 635. The Morgan fingerprint density at radius 2 is 1.88 bits per heavy atom. The summed E-state index contributed by atoms with van der Waals surface area (Å²) in [5, 5.41) is 0. The number of aromatic nitrogens is 3. The van der Waals surface area contributed by atoms with Crippen LogP contribution in [0.3, 0.4) is 0 Å². The molecule has 0 saturated heterocycles. The standard InChI is InChI=1S/C12H8BrN3.BrH/c13-11-12-14-6-7-16(12)8-10(15-11)9-4-2-1-3-5-9;/h1-8H;1H. The Labute approximate surface area is 117 Å². The van der Waals surface area contributed by atoms with Crippen molar-refractivity contribution < 1.29 is 0 Å². The molecule has 2 heterocycles. The predicted molar refractivity (Wildman–Crippen MR) is 76.4 cm³/mol. The zero-order valence-corrected chi connectivity index (χ0v) is 12.0. The summed E-state index contributed by atoms with van der Waals surface area (Å²) in [6, 6.07) is 10.1. The highest BCUT2D eigenvalue weighted by Crippen LogP contribution is 2.21. The summed E-state index contributed by atoms with van der Waals surface area (Å²) in [7, 11) is 0. The third-order valence-corrected chi connectivity index (χ3v) is 2.93. The summed E-state index contributed by atoms with van der Waals surface area (Å²) in [4.78, 5) is 8.68. The second kappa shape index (κ2) is 4.98. The van der Waals surface area contributed by atoms with Gasteiger partial charge in [0.25, 0.3) is 0 Å². The molecule has 0 unspecified atom stereocenters. The van der Waals surface area contributed by atoms with E-state index in [-0.39, 0.29) is 17.0 Å². The maximum atomic E-state index is 4.48. The molecule has 5 heteroatoms. The lowest BCUT2D eigenvalue weighted by Crippen LogP contribution is -1.92. The fourth-order valence-corrected chi connectivity index (χ4v) is 2.14. The van der Waals surface area contributed by atoms with Crippen molar-refractivity contribution in [3.05, 3.63) is 53.5 Å². The monoisotopic (exact) mass is 353 g/mol. The van der Waals surface area contributed by atoms with Crippen molar-refractivity contribution in [3.8, 4) is 11.3 Å². The Balaban J connectivity index is 0.00000108. The van der Waals surface area contributed by atoms with Gasteiger partial charge >= 0.3 is 0 Å². The van der Waals surface area contributed by atoms with Gasteiger partial charge in [0.1, 0.15) is 4.60 Å². The summed E-state index contributed by atoms with van der Waals surface area (Å²) < 4.78 is 2.72. The Kier molecular flexibility index (Phi) is 3.59. The van der Waals surface area contributed by atoms with Crippen molar-refractivity contribution >= 4 is 38.6 Å². The van der Waals surface area contributed by atoms with Crippen molar-refractivity contribution in [1.29, 1.82) is 0 Å². The van der Waals surface area contributed by atoms with E-state index in [0.29, 0.717) is 0 Å². The van der Waals surface area contributed by atoms with Crippen molar-refractivity contribution in [2.75, 3.05) is 0 Å². The van der Waals surface area contributed by atoms with Crippen LogP contribution in [0, 0.1) is 0 Å². The molecular formula is C12H9Br2N3. The molecule has 0 bridgehead atoms. The highest BCUT2D eigenvalue weighted by atomic mass is 79.9. The van der Waals surface area contributed by atoms with Crippen LogP contribution in [0.15, 0.2) is 53.5 Å². The van der Waals surface area contributed by atoms with Gasteiger partial charge in [-0.05, 0) is 15.9 Å². The predicted octanol–water partition coefficient (Wildman–Crippen LogP) is 3.74. The van der Waals surface area contributed by atoms with Crippen molar-refractivity contribution in [3.63, 3.8) is 0 Å². The zero-order valence-electron chi connectivity index (χ0n) is 8.75. The van der Waals surface area contributed by atoms with E-state index in [1.54, 1.807) is 6.20 Å². The maximum Gasteiger partial charge on any atom is 0.170 e. The third kappa shape index (κ3) is 2.25. The van der Waals surface area contributed by atoms with Gasteiger partial charge < -0.3 is 4.40 Å². The first-order chi connectivity index (χ1) is 7.84. The van der Waals surface area contributed by atoms with Crippen LogP contribution in [0.2, 0.25) is 0 Å². The number of hydrogen-bond donors (Lipinski definition) is 0. The Morgan fingerprint density at radius 3 is 2.65 bits per heavy atom. The topological polar surface area (TPSA) is 30.2 Å². The normalized spacial score (nSPS) is 10.2. The molecule has 17 heavy (non-hydrogen) atoms. The van der Waals surface area contributed by atoms with Crippen LogP contribution >= 0.6 is 32.9 Å². The molecule has 0 amide bonds. The molecule has 1 aromatic carbocycles. The first-order valence-electron chi connectivity index (χ1n) is 4.89. The lowest BCUT2D eigenvalue weighted by molar-refractivity contribution is 1.11. The van der Waals surface area contributed by atoms with Crippen LogP contribution in [-0.4, -0.2) is 14.4 Å². The quantitative estimate of drug-likeness (QED) is 0.666. The second-order valence-corrected chi connectivity index (χ2v) is 4.19. The molecule has 0 fully saturated rings. The number of fused-ring (bicyclic) bond motifs is 1. The van der Waals surface area contributed by atoms with Crippen LogP contribution in [0.4, 0.5) is 0 Å². The zero-order chi connectivity index (χ0) is 11.0. The van der Waals surface area contributed by atoms with Crippen LogP contribution in [0.1, 0.15) is 0 Å². The van der Waals surface area contributed by atoms with Crippen molar-refractivity contribution in [2.45, 2.75) is 0 Å². The molecule has 0 aliphatic carbocycles. The van der Waals surface area contributed by atoms with E-state index in [1.165, 1.54) is 0 Å². The summed E-state index contributed by atoms with van der Waals surface area (Å²) in [6.45, 7) is 0. The van der Waals surface area contributed by atoms with Crippen LogP contribution in [0.5, 0.6) is 0 Å². The lowest BCUT2D eigenvalue weighted by Gasteiger charge is -2.03. The minimum Gasteiger partial charge on any atom is -0.303 e. The summed E-state index contributed by atoms with van der Waals surface area (Å²) in [5.41, 5.74) is 2.86. The van der Waals surface area contributed by atoms with Crippen LogP contribution in [0.25, 0.3) is 16.9 Å². The van der Waals surface area contributed by atoms with Gasteiger partial charge in [0.05, 0.1) is 5.69 Å². The Morgan fingerprint density at radius 1 is 1.12 bits per heavy atom. The molecule has 0 spiro atoms. The molecule has 0 aliphatic rings. The minimum absolute atomic E-state index is 0. The molecule has 0 atom stereocenters. The largest absolute Gasteiger partial charge is 0.303 e. The van der Waals surface area contributed by atoms with Gasteiger partial charge in [0.15, 0.2) is 5.65 Å². The first kappa shape index (κ1) is 12.3. The first-order valence-corrected chi connectivity index (χ1v) is 5.68. The third-order valence-electron chi connectivity index (χ3n) is 2.40. The highest BCUT2D eigenvalue weighted by Gasteiger charge is 2.05. The molecule has 0 radical (unpaired) electrons.